The molecule has 0 saturated carbocycles. The monoisotopic (exact) mass is 386 g/mol. The van der Waals surface area contributed by atoms with Crippen LogP contribution in [-0.2, 0) is 6.54 Å². The van der Waals surface area contributed by atoms with Gasteiger partial charge in [0.15, 0.2) is 0 Å². The second-order valence-corrected chi connectivity index (χ2v) is 5.60. The van der Waals surface area contributed by atoms with E-state index in [0.29, 0.717) is 18.2 Å². The second kappa shape index (κ2) is 7.54. The van der Waals surface area contributed by atoms with Crippen LogP contribution in [-0.4, -0.2) is 11.5 Å². The van der Waals surface area contributed by atoms with E-state index in [1.54, 1.807) is 0 Å². The van der Waals surface area contributed by atoms with Crippen LogP contribution in [0.25, 0.3) is 0 Å². The predicted molar refractivity (Wildman–Crippen MR) is 85.4 cm³/mol. The van der Waals surface area contributed by atoms with Crippen LogP contribution < -0.4 is 10.1 Å². The maximum absolute atomic E-state index is 13.3. The van der Waals surface area contributed by atoms with Crippen LogP contribution in [0, 0.1) is 9.39 Å². The molecule has 2 rings (SSSR count). The molecule has 1 aromatic heterocycles. The molecule has 0 bridgehead atoms. The van der Waals surface area contributed by atoms with E-state index in [1.807, 2.05) is 24.3 Å². The molecule has 1 N–H and O–H groups in total. The number of benzene rings is 1. The summed E-state index contributed by atoms with van der Waals surface area (Å²) in [5, 5.41) is 3.23. The second-order valence-electron chi connectivity index (χ2n) is 4.35. The number of nitrogens with zero attached hydrogens (tertiary/aromatic N) is 1. The summed E-state index contributed by atoms with van der Waals surface area (Å²) >= 11 is 2.22. The summed E-state index contributed by atoms with van der Waals surface area (Å²) in [6.07, 6.45) is 2.20. The van der Waals surface area contributed by atoms with E-state index >= 15 is 0 Å². The van der Waals surface area contributed by atoms with Gasteiger partial charge in [-0.25, -0.2) is 9.37 Å². The zero-order valence-electron chi connectivity index (χ0n) is 11.2. The van der Waals surface area contributed by atoms with Gasteiger partial charge in [-0.2, -0.15) is 0 Å². The summed E-state index contributed by atoms with van der Waals surface area (Å²) in [6, 6.07) is 9.12. The molecule has 3 nitrogen and oxygen atoms in total. The van der Waals surface area contributed by atoms with Crippen LogP contribution >= 0.6 is 22.6 Å². The smallest absolute Gasteiger partial charge is 0.223 e. The van der Waals surface area contributed by atoms with E-state index in [9.17, 15) is 4.39 Å². The Labute approximate surface area is 131 Å². The van der Waals surface area contributed by atoms with Gasteiger partial charge >= 0.3 is 0 Å². The Morgan fingerprint density at radius 1 is 1.35 bits per heavy atom. The molecule has 1 aromatic carbocycles. The minimum Gasteiger partial charge on any atom is -0.439 e. The van der Waals surface area contributed by atoms with E-state index in [2.05, 4.69) is 39.8 Å². The Morgan fingerprint density at radius 2 is 2.20 bits per heavy atom. The van der Waals surface area contributed by atoms with Gasteiger partial charge in [-0.3, -0.25) is 0 Å². The molecular weight excluding hydrogens is 370 g/mol. The Hall–Kier alpha value is -1.21. The summed E-state index contributed by atoms with van der Waals surface area (Å²) in [5.41, 5.74) is 0.720. The molecule has 0 radical (unpaired) electrons. The molecule has 1 heterocycles. The van der Waals surface area contributed by atoms with Gasteiger partial charge in [0.2, 0.25) is 5.88 Å². The third kappa shape index (κ3) is 4.42. The van der Waals surface area contributed by atoms with Gasteiger partial charge < -0.3 is 10.1 Å². The fourth-order valence-electron chi connectivity index (χ4n) is 1.73. The molecule has 0 spiro atoms. The molecule has 0 fully saturated rings. The SMILES string of the molecule is CCCNCc1cc(F)cnc1Oc1cccc(I)c1. The highest BCUT2D eigenvalue weighted by Gasteiger charge is 2.08. The van der Waals surface area contributed by atoms with Gasteiger partial charge in [0.1, 0.15) is 11.6 Å². The maximum atomic E-state index is 13.3. The Kier molecular flexibility index (Phi) is 5.72. The lowest BCUT2D eigenvalue weighted by molar-refractivity contribution is 0.448. The number of rotatable bonds is 6. The number of halogens is 2. The summed E-state index contributed by atoms with van der Waals surface area (Å²) in [6.45, 7) is 3.50. The highest BCUT2D eigenvalue weighted by Crippen LogP contribution is 2.24. The summed E-state index contributed by atoms with van der Waals surface area (Å²) < 4.78 is 20.1. The van der Waals surface area contributed by atoms with Crippen LogP contribution in [0.15, 0.2) is 36.5 Å². The molecule has 5 heteroatoms. The van der Waals surface area contributed by atoms with Crippen molar-refractivity contribution in [2.75, 3.05) is 6.54 Å². The largest absolute Gasteiger partial charge is 0.439 e. The fourth-order valence-corrected chi connectivity index (χ4v) is 2.24. The topological polar surface area (TPSA) is 34.2 Å². The van der Waals surface area contributed by atoms with E-state index in [-0.39, 0.29) is 5.82 Å². The molecule has 106 valence electrons. The van der Waals surface area contributed by atoms with Crippen molar-refractivity contribution in [3.63, 3.8) is 0 Å². The lowest BCUT2D eigenvalue weighted by atomic mass is 10.2. The van der Waals surface area contributed by atoms with Crippen molar-refractivity contribution in [3.8, 4) is 11.6 Å². The van der Waals surface area contributed by atoms with Crippen molar-refractivity contribution < 1.29 is 9.13 Å². The highest BCUT2D eigenvalue weighted by atomic mass is 127. The zero-order valence-corrected chi connectivity index (χ0v) is 13.4. The van der Waals surface area contributed by atoms with Crippen LogP contribution in [0.4, 0.5) is 4.39 Å². The predicted octanol–water partition coefficient (Wildman–Crippen LogP) is 4.12. The summed E-state index contributed by atoms with van der Waals surface area (Å²) in [4.78, 5) is 4.04. The number of pyridine rings is 1. The van der Waals surface area contributed by atoms with Gasteiger partial charge in [-0.1, -0.05) is 13.0 Å². The van der Waals surface area contributed by atoms with Gasteiger partial charge in [0, 0.05) is 15.7 Å². The lowest BCUT2D eigenvalue weighted by Crippen LogP contribution is -2.15. The van der Waals surface area contributed by atoms with Crippen molar-refractivity contribution in [1.29, 1.82) is 0 Å². The van der Waals surface area contributed by atoms with Crippen molar-refractivity contribution in [2.45, 2.75) is 19.9 Å². The Morgan fingerprint density at radius 3 is 2.95 bits per heavy atom. The maximum Gasteiger partial charge on any atom is 0.223 e. The third-order valence-corrected chi connectivity index (χ3v) is 3.32. The average molecular weight is 386 g/mol. The normalized spacial score (nSPS) is 10.6. The number of hydrogen-bond acceptors (Lipinski definition) is 3. The lowest BCUT2D eigenvalue weighted by Gasteiger charge is -2.11. The van der Waals surface area contributed by atoms with E-state index < -0.39 is 0 Å². The van der Waals surface area contributed by atoms with Gasteiger partial charge in [0.05, 0.1) is 6.20 Å². The van der Waals surface area contributed by atoms with Gasteiger partial charge in [-0.15, -0.1) is 0 Å². The van der Waals surface area contributed by atoms with Crippen LogP contribution in [0.5, 0.6) is 11.6 Å². The van der Waals surface area contributed by atoms with Gasteiger partial charge in [0.25, 0.3) is 0 Å². The molecule has 0 aliphatic rings. The average Bonchev–Trinajstić information content (AvgIpc) is 2.42. The number of ether oxygens (including phenoxy) is 1. The van der Waals surface area contributed by atoms with Crippen LogP contribution in [0.2, 0.25) is 0 Å². The molecule has 0 amide bonds. The molecule has 20 heavy (non-hydrogen) atoms. The van der Waals surface area contributed by atoms with E-state index in [1.165, 1.54) is 12.3 Å². The first-order valence-electron chi connectivity index (χ1n) is 6.47. The molecule has 0 atom stereocenters. The first-order valence-corrected chi connectivity index (χ1v) is 7.55. The van der Waals surface area contributed by atoms with Crippen LogP contribution in [0.1, 0.15) is 18.9 Å². The van der Waals surface area contributed by atoms with Gasteiger partial charge in [-0.05, 0) is 59.8 Å². The number of nitrogens with one attached hydrogen (secondary N) is 1. The first-order chi connectivity index (χ1) is 9.69. The third-order valence-electron chi connectivity index (χ3n) is 2.64. The molecule has 0 unspecified atom stereocenters. The Bertz CT molecular complexity index is 578. The van der Waals surface area contributed by atoms with Crippen molar-refractivity contribution in [2.24, 2.45) is 0 Å². The minimum absolute atomic E-state index is 0.353. The van der Waals surface area contributed by atoms with Crippen molar-refractivity contribution in [1.82, 2.24) is 10.3 Å². The first kappa shape index (κ1) is 15.2. The molecule has 2 aromatic rings. The standard InChI is InChI=1S/C15H16FIN2O/c1-2-6-18-9-11-7-12(16)10-19-15(11)20-14-5-3-4-13(17)8-14/h3-5,7-8,10,18H,2,6,9H2,1H3. The summed E-state index contributed by atoms with van der Waals surface area (Å²) in [7, 11) is 0. The molecule has 0 aliphatic carbocycles. The fraction of sp³-hybridized carbons (Fsp3) is 0.267. The summed E-state index contributed by atoms with van der Waals surface area (Å²) in [5.74, 6) is 0.790. The highest BCUT2D eigenvalue weighted by molar-refractivity contribution is 14.1. The number of hydrogen-bond donors (Lipinski definition) is 1. The quantitative estimate of drug-likeness (QED) is 0.599. The van der Waals surface area contributed by atoms with Crippen molar-refractivity contribution in [3.05, 3.63) is 51.5 Å². The molecular formula is C15H16FIN2O. The number of aromatic nitrogens is 1. The van der Waals surface area contributed by atoms with E-state index in [4.69, 9.17) is 4.74 Å². The van der Waals surface area contributed by atoms with E-state index in [0.717, 1.165) is 22.1 Å². The minimum atomic E-state index is -0.353. The Balaban J connectivity index is 2.17. The zero-order chi connectivity index (χ0) is 14.4. The van der Waals surface area contributed by atoms with Crippen molar-refractivity contribution >= 4 is 22.6 Å². The molecule has 0 aliphatic heterocycles. The van der Waals surface area contributed by atoms with Crippen LogP contribution in [0.3, 0.4) is 0 Å². The molecule has 0 saturated heterocycles.